The smallest absolute Gasteiger partial charge is 0.269 e. The summed E-state index contributed by atoms with van der Waals surface area (Å²) in [5.74, 6) is -0.739. The average Bonchev–Trinajstić information content (AvgIpc) is 2.34. The minimum absolute atomic E-state index is 0.0639. The molecule has 86 valence electrons. The average molecular weight is 222 g/mol. The number of hydrogen-bond acceptors (Lipinski definition) is 3. The maximum Gasteiger partial charge on any atom is 0.269 e. The first-order valence-corrected chi connectivity index (χ1v) is 4.96. The number of hydrogen-bond donors (Lipinski definition) is 2. The highest BCUT2D eigenvalue weighted by atomic mass is 16.5. The van der Waals surface area contributed by atoms with Gasteiger partial charge < -0.3 is 4.74 Å². The second kappa shape index (κ2) is 6.58. The standard InChI is InChI=1S/C11H14N2O3/c1-2-16-8-10(14)12-13-11(15)9-6-4-3-5-7-9/h3-7H,2,8H2,1H3,(H,12,14)(H,13,15). The van der Waals surface area contributed by atoms with Crippen LogP contribution in [0.1, 0.15) is 17.3 Å². The van der Waals surface area contributed by atoms with Crippen molar-refractivity contribution in [3.05, 3.63) is 35.9 Å². The molecule has 0 bridgehead atoms. The summed E-state index contributed by atoms with van der Waals surface area (Å²) in [6, 6.07) is 8.62. The van der Waals surface area contributed by atoms with Crippen molar-refractivity contribution in [1.82, 2.24) is 10.9 Å². The summed E-state index contributed by atoms with van der Waals surface area (Å²) in [6.45, 7) is 2.18. The molecule has 0 unspecified atom stereocenters. The lowest BCUT2D eigenvalue weighted by molar-refractivity contribution is -0.126. The molecule has 0 saturated heterocycles. The quantitative estimate of drug-likeness (QED) is 0.728. The molecular weight excluding hydrogens is 208 g/mol. The van der Waals surface area contributed by atoms with E-state index < -0.39 is 0 Å². The van der Waals surface area contributed by atoms with Crippen molar-refractivity contribution in [2.24, 2.45) is 0 Å². The summed E-state index contributed by atoms with van der Waals surface area (Å²) in [6.07, 6.45) is 0. The van der Waals surface area contributed by atoms with E-state index in [1.54, 1.807) is 31.2 Å². The van der Waals surface area contributed by atoms with E-state index in [2.05, 4.69) is 10.9 Å². The molecule has 1 rings (SSSR count). The molecule has 5 heteroatoms. The van der Waals surface area contributed by atoms with Gasteiger partial charge in [0.05, 0.1) is 0 Å². The molecule has 1 aromatic rings. The summed E-state index contributed by atoms with van der Waals surface area (Å²) in [4.78, 5) is 22.5. The fourth-order valence-electron chi connectivity index (χ4n) is 1.02. The first-order valence-electron chi connectivity index (χ1n) is 4.96. The lowest BCUT2D eigenvalue weighted by atomic mass is 10.2. The highest BCUT2D eigenvalue weighted by Gasteiger charge is 2.05. The molecule has 0 radical (unpaired) electrons. The summed E-state index contributed by atoms with van der Waals surface area (Å²) < 4.78 is 4.87. The Morgan fingerprint density at radius 1 is 1.19 bits per heavy atom. The Kier molecular flexibility index (Phi) is 5.01. The molecule has 0 saturated carbocycles. The third-order valence-corrected chi connectivity index (χ3v) is 1.79. The van der Waals surface area contributed by atoms with E-state index in [-0.39, 0.29) is 18.4 Å². The molecule has 5 nitrogen and oxygen atoms in total. The van der Waals surface area contributed by atoms with Crippen molar-refractivity contribution >= 4 is 11.8 Å². The molecule has 0 aromatic heterocycles. The van der Waals surface area contributed by atoms with Crippen molar-refractivity contribution in [3.8, 4) is 0 Å². The van der Waals surface area contributed by atoms with Gasteiger partial charge in [-0.2, -0.15) is 0 Å². The largest absolute Gasteiger partial charge is 0.372 e. The van der Waals surface area contributed by atoms with E-state index in [9.17, 15) is 9.59 Å². The fourth-order valence-corrected chi connectivity index (χ4v) is 1.02. The van der Waals surface area contributed by atoms with Gasteiger partial charge in [0, 0.05) is 12.2 Å². The van der Waals surface area contributed by atoms with Crippen molar-refractivity contribution in [2.45, 2.75) is 6.92 Å². The molecular formula is C11H14N2O3. The number of carbonyl (C=O) groups is 2. The number of carbonyl (C=O) groups excluding carboxylic acids is 2. The van der Waals surface area contributed by atoms with Crippen LogP contribution in [0.15, 0.2) is 30.3 Å². The van der Waals surface area contributed by atoms with E-state index in [1.807, 2.05) is 6.07 Å². The summed E-state index contributed by atoms with van der Waals surface area (Å²) >= 11 is 0. The zero-order valence-electron chi connectivity index (χ0n) is 9.03. The Morgan fingerprint density at radius 3 is 2.50 bits per heavy atom. The zero-order valence-corrected chi connectivity index (χ0v) is 9.03. The minimum atomic E-state index is -0.383. The molecule has 0 aliphatic heterocycles. The Bertz CT molecular complexity index is 352. The van der Waals surface area contributed by atoms with E-state index >= 15 is 0 Å². The monoisotopic (exact) mass is 222 g/mol. The summed E-state index contributed by atoms with van der Waals surface area (Å²) in [5.41, 5.74) is 5.03. The van der Waals surface area contributed by atoms with E-state index in [0.717, 1.165) is 0 Å². The van der Waals surface area contributed by atoms with Gasteiger partial charge in [0.1, 0.15) is 6.61 Å². The van der Waals surface area contributed by atoms with Crippen molar-refractivity contribution < 1.29 is 14.3 Å². The molecule has 16 heavy (non-hydrogen) atoms. The minimum Gasteiger partial charge on any atom is -0.372 e. The third-order valence-electron chi connectivity index (χ3n) is 1.79. The van der Waals surface area contributed by atoms with Gasteiger partial charge in [0.25, 0.3) is 11.8 Å². The van der Waals surface area contributed by atoms with Gasteiger partial charge in [-0.15, -0.1) is 0 Å². The highest BCUT2D eigenvalue weighted by Crippen LogP contribution is 1.96. The van der Waals surface area contributed by atoms with Crippen molar-refractivity contribution in [2.75, 3.05) is 13.2 Å². The Morgan fingerprint density at radius 2 is 1.88 bits per heavy atom. The van der Waals surface area contributed by atoms with Crippen molar-refractivity contribution in [3.63, 3.8) is 0 Å². The maximum absolute atomic E-state index is 11.5. The lowest BCUT2D eigenvalue weighted by Gasteiger charge is -2.06. The van der Waals surface area contributed by atoms with Crippen molar-refractivity contribution in [1.29, 1.82) is 0 Å². The first kappa shape index (κ1) is 12.2. The Balaban J connectivity index is 2.33. The van der Waals surface area contributed by atoms with Crippen LogP contribution in [0.5, 0.6) is 0 Å². The molecule has 0 fully saturated rings. The van der Waals surface area contributed by atoms with Crippen LogP contribution >= 0.6 is 0 Å². The molecule has 0 heterocycles. The van der Waals surface area contributed by atoms with Crippen LogP contribution in [0, 0.1) is 0 Å². The molecule has 2 N–H and O–H groups in total. The zero-order chi connectivity index (χ0) is 11.8. The molecule has 0 spiro atoms. The maximum atomic E-state index is 11.5. The Hall–Kier alpha value is -1.88. The van der Waals surface area contributed by atoms with Gasteiger partial charge in [0.15, 0.2) is 0 Å². The number of hydrazine groups is 1. The molecule has 0 atom stereocenters. The van der Waals surface area contributed by atoms with Gasteiger partial charge in [-0.3, -0.25) is 20.4 Å². The normalized spacial score (nSPS) is 9.56. The highest BCUT2D eigenvalue weighted by molar-refractivity contribution is 5.95. The summed E-state index contributed by atoms with van der Waals surface area (Å²) in [5, 5.41) is 0. The van der Waals surface area contributed by atoms with E-state index in [1.165, 1.54) is 0 Å². The number of amides is 2. The molecule has 1 aromatic carbocycles. The van der Waals surface area contributed by atoms with E-state index in [0.29, 0.717) is 12.2 Å². The van der Waals surface area contributed by atoms with Crippen LogP contribution < -0.4 is 10.9 Å². The predicted molar refractivity (Wildman–Crippen MR) is 58.5 cm³/mol. The number of benzene rings is 1. The third kappa shape index (κ3) is 4.10. The van der Waals surface area contributed by atoms with Crippen LogP contribution in [-0.4, -0.2) is 25.0 Å². The van der Waals surface area contributed by atoms with Gasteiger partial charge in [-0.25, -0.2) is 0 Å². The lowest BCUT2D eigenvalue weighted by Crippen LogP contribution is -2.43. The fraction of sp³-hybridized carbons (Fsp3) is 0.273. The van der Waals surface area contributed by atoms with Crippen LogP contribution in [0.4, 0.5) is 0 Å². The Labute approximate surface area is 93.8 Å². The van der Waals surface area contributed by atoms with Crippen LogP contribution in [0.2, 0.25) is 0 Å². The summed E-state index contributed by atoms with van der Waals surface area (Å²) in [7, 11) is 0. The topological polar surface area (TPSA) is 67.4 Å². The van der Waals surface area contributed by atoms with Crippen LogP contribution in [-0.2, 0) is 9.53 Å². The van der Waals surface area contributed by atoms with Crippen LogP contribution in [0.3, 0.4) is 0 Å². The van der Waals surface area contributed by atoms with Gasteiger partial charge in [-0.05, 0) is 19.1 Å². The second-order valence-corrected chi connectivity index (χ2v) is 3.01. The molecule has 0 aliphatic rings. The number of rotatable bonds is 4. The van der Waals surface area contributed by atoms with Gasteiger partial charge in [-0.1, -0.05) is 18.2 Å². The number of nitrogens with one attached hydrogen (secondary N) is 2. The molecule has 2 amide bonds. The van der Waals surface area contributed by atoms with E-state index in [4.69, 9.17) is 4.74 Å². The first-order chi connectivity index (χ1) is 7.74. The van der Waals surface area contributed by atoms with Crippen LogP contribution in [0.25, 0.3) is 0 Å². The predicted octanol–water partition coefficient (Wildman–Crippen LogP) is 0.484. The SMILES string of the molecule is CCOCC(=O)NNC(=O)c1ccccc1. The van der Waals surface area contributed by atoms with Gasteiger partial charge >= 0.3 is 0 Å². The molecule has 0 aliphatic carbocycles. The van der Waals surface area contributed by atoms with Gasteiger partial charge in [0.2, 0.25) is 0 Å². The number of ether oxygens (including phenoxy) is 1. The second-order valence-electron chi connectivity index (χ2n) is 3.01.